The van der Waals surface area contributed by atoms with Crippen molar-refractivity contribution >= 4 is 22.0 Å². The Morgan fingerprint density at radius 2 is 1.72 bits per heavy atom. The molecule has 1 heterocycles. The monoisotopic (exact) mass is 427 g/mol. The molecule has 4 aromatic rings. The van der Waals surface area contributed by atoms with Crippen LogP contribution in [0.5, 0.6) is 5.75 Å². The average Bonchev–Trinajstić information content (AvgIpc) is 3.17. The van der Waals surface area contributed by atoms with Crippen LogP contribution in [0.15, 0.2) is 72.8 Å². The highest BCUT2D eigenvalue weighted by atomic mass is 19.1. The van der Waals surface area contributed by atoms with Crippen molar-refractivity contribution in [2.24, 2.45) is 11.7 Å². The Balaban J connectivity index is 1.72. The molecule has 1 fully saturated rings. The number of nitrogens with one attached hydrogen (secondary N) is 1. The quantitative estimate of drug-likeness (QED) is 0.367. The van der Waals surface area contributed by atoms with Crippen molar-refractivity contribution < 1.29 is 9.13 Å². The van der Waals surface area contributed by atoms with Gasteiger partial charge in [0, 0.05) is 6.54 Å². The second-order valence-electron chi connectivity index (χ2n) is 8.21. The third-order valence-electron chi connectivity index (χ3n) is 6.19. The largest absolute Gasteiger partial charge is 0.492 e. The van der Waals surface area contributed by atoms with Gasteiger partial charge in [0.1, 0.15) is 12.4 Å². The zero-order valence-corrected chi connectivity index (χ0v) is 17.9. The number of nitrogens with zero attached hydrogens (tertiary/aromatic N) is 1. The maximum atomic E-state index is 14.4. The molecule has 5 heteroatoms. The number of allylic oxidation sites excluding steroid dienone is 1. The molecule has 0 unspecified atom stereocenters. The molecule has 4 nitrogen and oxygen atoms in total. The van der Waals surface area contributed by atoms with E-state index in [0.717, 1.165) is 35.3 Å². The summed E-state index contributed by atoms with van der Waals surface area (Å²) in [6.07, 6.45) is 3.55. The predicted octanol–water partition coefficient (Wildman–Crippen LogP) is 5.80. The third kappa shape index (κ3) is 3.92. The van der Waals surface area contributed by atoms with Crippen LogP contribution in [0.4, 0.5) is 4.39 Å². The lowest BCUT2D eigenvalue weighted by atomic mass is 9.73. The minimum absolute atomic E-state index is 0.406. The first-order valence-corrected chi connectivity index (χ1v) is 11.1. The molecule has 3 aromatic carbocycles. The predicted molar refractivity (Wildman–Crippen MR) is 127 cm³/mol. The average molecular weight is 428 g/mol. The van der Waals surface area contributed by atoms with Crippen molar-refractivity contribution in [3.8, 4) is 5.75 Å². The number of benzene rings is 3. The lowest BCUT2D eigenvalue weighted by molar-refractivity contribution is 0.328. The number of ether oxygens (including phenoxy) is 1. The number of nitrogens with two attached hydrogens (primary N) is 1. The van der Waals surface area contributed by atoms with Crippen LogP contribution < -0.4 is 10.5 Å². The van der Waals surface area contributed by atoms with Crippen LogP contribution >= 0.6 is 0 Å². The molecule has 1 aliphatic carbocycles. The van der Waals surface area contributed by atoms with Crippen molar-refractivity contribution in [2.75, 3.05) is 13.2 Å². The Bertz CT molecular complexity index is 1240. The highest BCUT2D eigenvalue weighted by Crippen LogP contribution is 2.45. The number of aromatic amines is 1. The van der Waals surface area contributed by atoms with Gasteiger partial charge in [-0.2, -0.15) is 9.49 Å². The molecule has 0 bridgehead atoms. The number of fused-ring (bicyclic) bond motifs is 1. The van der Waals surface area contributed by atoms with Gasteiger partial charge in [0.05, 0.1) is 10.9 Å². The summed E-state index contributed by atoms with van der Waals surface area (Å²) in [4.78, 5) is 0. The minimum atomic E-state index is -0.406. The van der Waals surface area contributed by atoms with Crippen molar-refractivity contribution in [3.05, 3.63) is 95.4 Å². The fourth-order valence-corrected chi connectivity index (χ4v) is 4.41. The Labute approximate surface area is 186 Å². The third-order valence-corrected chi connectivity index (χ3v) is 6.19. The number of hydrogen-bond donors (Lipinski definition) is 2. The molecule has 1 aromatic heterocycles. The van der Waals surface area contributed by atoms with Gasteiger partial charge >= 0.3 is 0 Å². The molecular formula is C27H26FN3O. The van der Waals surface area contributed by atoms with Crippen LogP contribution in [0.25, 0.3) is 22.0 Å². The SMILES string of the molecule is NCCOc1ccc(C(=C(c2ccccc2)C2CCC2)c2ccc3n[nH]c(F)c3c2)cc1. The first-order chi connectivity index (χ1) is 15.7. The first kappa shape index (κ1) is 20.5. The van der Waals surface area contributed by atoms with Crippen LogP contribution in [0, 0.1) is 11.9 Å². The van der Waals surface area contributed by atoms with Gasteiger partial charge in [-0.1, -0.05) is 55.0 Å². The Kier molecular flexibility index (Phi) is 5.73. The van der Waals surface area contributed by atoms with Gasteiger partial charge in [-0.05, 0) is 70.9 Å². The lowest BCUT2D eigenvalue weighted by Crippen LogP contribution is -2.15. The molecule has 0 radical (unpaired) electrons. The smallest absolute Gasteiger partial charge is 0.216 e. The van der Waals surface area contributed by atoms with Crippen molar-refractivity contribution in [2.45, 2.75) is 19.3 Å². The number of aromatic nitrogens is 2. The molecule has 0 saturated heterocycles. The lowest BCUT2D eigenvalue weighted by Gasteiger charge is -2.31. The Morgan fingerprint density at radius 1 is 0.969 bits per heavy atom. The van der Waals surface area contributed by atoms with Crippen molar-refractivity contribution in [3.63, 3.8) is 0 Å². The van der Waals surface area contributed by atoms with Gasteiger partial charge in [0.15, 0.2) is 0 Å². The summed E-state index contributed by atoms with van der Waals surface area (Å²) in [6.45, 7) is 0.957. The number of H-pyrrole nitrogens is 1. The molecule has 0 atom stereocenters. The van der Waals surface area contributed by atoms with Gasteiger partial charge < -0.3 is 10.5 Å². The summed E-state index contributed by atoms with van der Waals surface area (Å²) in [5.41, 5.74) is 11.9. The second-order valence-corrected chi connectivity index (χ2v) is 8.21. The van der Waals surface area contributed by atoms with Crippen molar-refractivity contribution in [1.29, 1.82) is 0 Å². The standard InChI is InChI=1S/C27H26FN3O/c28-27-23-17-21(11-14-24(23)30-31-27)26(20-9-12-22(13-10-20)32-16-15-29)25(19-7-4-8-19)18-5-2-1-3-6-18/h1-3,5-6,9-14,17,19H,4,7-8,15-16,29H2,(H,30,31). The van der Waals surface area contributed by atoms with E-state index in [4.69, 9.17) is 10.5 Å². The van der Waals surface area contributed by atoms with Crippen LogP contribution in [0.1, 0.15) is 36.0 Å². The molecule has 3 N–H and O–H groups in total. The van der Waals surface area contributed by atoms with E-state index in [1.807, 2.05) is 36.4 Å². The first-order valence-electron chi connectivity index (χ1n) is 11.1. The molecule has 162 valence electrons. The molecule has 0 amide bonds. The Morgan fingerprint density at radius 3 is 2.41 bits per heavy atom. The maximum absolute atomic E-state index is 14.4. The topological polar surface area (TPSA) is 63.9 Å². The van der Waals surface area contributed by atoms with Crippen LogP contribution in [-0.2, 0) is 0 Å². The molecule has 0 spiro atoms. The van der Waals surface area contributed by atoms with E-state index < -0.39 is 5.95 Å². The molecule has 0 aliphatic heterocycles. The van der Waals surface area contributed by atoms with E-state index >= 15 is 0 Å². The van der Waals surface area contributed by atoms with Crippen molar-refractivity contribution in [1.82, 2.24) is 10.2 Å². The number of halogens is 1. The zero-order valence-electron chi connectivity index (χ0n) is 17.9. The highest BCUT2D eigenvalue weighted by Gasteiger charge is 2.27. The fourth-order valence-electron chi connectivity index (χ4n) is 4.41. The molecule has 5 rings (SSSR count). The molecular weight excluding hydrogens is 401 g/mol. The van der Waals surface area contributed by atoms with E-state index in [1.54, 1.807) is 0 Å². The van der Waals surface area contributed by atoms with Crippen LogP contribution in [0.2, 0.25) is 0 Å². The summed E-state index contributed by atoms with van der Waals surface area (Å²) in [5.74, 6) is 0.863. The maximum Gasteiger partial charge on any atom is 0.216 e. The van der Waals surface area contributed by atoms with E-state index in [-0.39, 0.29) is 0 Å². The van der Waals surface area contributed by atoms with E-state index in [2.05, 4.69) is 46.6 Å². The fraction of sp³-hybridized carbons (Fsp3) is 0.222. The Hall–Kier alpha value is -3.44. The summed E-state index contributed by atoms with van der Waals surface area (Å²) in [7, 11) is 0. The van der Waals surface area contributed by atoms with E-state index in [0.29, 0.717) is 30.0 Å². The molecule has 32 heavy (non-hydrogen) atoms. The van der Waals surface area contributed by atoms with Gasteiger partial charge in [0.25, 0.3) is 0 Å². The van der Waals surface area contributed by atoms with Gasteiger partial charge in [0.2, 0.25) is 5.95 Å². The second kappa shape index (κ2) is 8.97. The highest BCUT2D eigenvalue weighted by molar-refractivity contribution is 6.01. The summed E-state index contributed by atoms with van der Waals surface area (Å²) < 4.78 is 20.0. The van der Waals surface area contributed by atoms with Crippen LogP contribution in [0.3, 0.4) is 0 Å². The number of rotatable bonds is 7. The minimum Gasteiger partial charge on any atom is -0.492 e. The van der Waals surface area contributed by atoms with Gasteiger partial charge in [-0.3, -0.25) is 5.10 Å². The van der Waals surface area contributed by atoms with Gasteiger partial charge in [-0.15, -0.1) is 0 Å². The summed E-state index contributed by atoms with van der Waals surface area (Å²) in [6, 6.07) is 24.5. The van der Waals surface area contributed by atoms with E-state index in [1.165, 1.54) is 17.6 Å². The molecule has 1 saturated carbocycles. The summed E-state index contributed by atoms with van der Waals surface area (Å²) >= 11 is 0. The van der Waals surface area contributed by atoms with Gasteiger partial charge in [-0.25, -0.2) is 0 Å². The zero-order chi connectivity index (χ0) is 21.9. The number of hydrogen-bond acceptors (Lipinski definition) is 3. The molecule has 1 aliphatic rings. The summed E-state index contributed by atoms with van der Waals surface area (Å²) in [5, 5.41) is 7.01. The normalized spacial score (nSPS) is 14.8. The van der Waals surface area contributed by atoms with E-state index in [9.17, 15) is 4.39 Å². The van der Waals surface area contributed by atoms with Crippen LogP contribution in [-0.4, -0.2) is 23.3 Å².